The molecule has 2 aromatic rings. The molecule has 1 heterocycles. The molecule has 4 nitrogen and oxygen atoms in total. The van der Waals surface area contributed by atoms with Gasteiger partial charge in [0.1, 0.15) is 0 Å². The Kier molecular flexibility index (Phi) is 4.37. The van der Waals surface area contributed by atoms with Crippen LogP contribution in [0.5, 0.6) is 11.5 Å². The van der Waals surface area contributed by atoms with Crippen molar-refractivity contribution in [3.8, 4) is 17.6 Å². The molecule has 0 fully saturated rings. The minimum atomic E-state index is -0.105. The number of aromatic hydroxyl groups is 2. The number of nitrogens with one attached hydrogen (secondary N) is 1. The van der Waals surface area contributed by atoms with Gasteiger partial charge >= 0.3 is 0 Å². The number of phenols is 2. The second kappa shape index (κ2) is 6.04. The molecule has 108 valence electrons. The lowest BCUT2D eigenvalue weighted by Crippen LogP contribution is -2.30. The highest BCUT2D eigenvalue weighted by Crippen LogP contribution is 2.36. The quantitative estimate of drug-likeness (QED) is 0.708. The summed E-state index contributed by atoms with van der Waals surface area (Å²) in [4.78, 5) is 0. The molecular weight excluding hydrogens is 288 g/mol. The Morgan fingerprint density at radius 1 is 1.10 bits per heavy atom. The first-order chi connectivity index (χ1) is 9.69. The molecule has 3 N–H and O–H groups in total. The molecule has 3 rings (SSSR count). The van der Waals surface area contributed by atoms with Crippen LogP contribution >= 0.6 is 12.4 Å². The van der Waals surface area contributed by atoms with Crippen molar-refractivity contribution in [3.05, 3.63) is 58.7 Å². The summed E-state index contributed by atoms with van der Waals surface area (Å²) in [6.07, 6.45) is 0.815. The van der Waals surface area contributed by atoms with Gasteiger partial charge in [-0.2, -0.15) is 5.26 Å². The van der Waals surface area contributed by atoms with Crippen LogP contribution in [-0.4, -0.2) is 16.8 Å². The first-order valence-electron chi connectivity index (χ1n) is 6.47. The van der Waals surface area contributed by atoms with Gasteiger partial charge in [0.05, 0.1) is 17.7 Å². The normalized spacial score (nSPS) is 16.4. The zero-order valence-electron chi connectivity index (χ0n) is 11.2. The van der Waals surface area contributed by atoms with Gasteiger partial charge < -0.3 is 15.5 Å². The van der Waals surface area contributed by atoms with Gasteiger partial charge in [0, 0.05) is 6.54 Å². The Hall–Kier alpha value is -2.22. The maximum atomic E-state index is 9.70. The molecule has 0 aromatic heterocycles. The lowest BCUT2D eigenvalue weighted by molar-refractivity contribution is 0.400. The van der Waals surface area contributed by atoms with E-state index in [-0.39, 0.29) is 29.9 Å². The second-order valence-electron chi connectivity index (χ2n) is 4.91. The molecule has 21 heavy (non-hydrogen) atoms. The van der Waals surface area contributed by atoms with Crippen molar-refractivity contribution < 1.29 is 10.2 Å². The number of nitriles is 1. The number of benzene rings is 2. The first kappa shape index (κ1) is 15.2. The molecule has 5 heteroatoms. The standard InChI is InChI=1S/C16H14N2O2.ClH/c17-9-10-1-3-11(4-2-10)16-13-8-15(20)14(19)7-12(13)5-6-18-16;/h1-4,7-8,16,18-20H,5-6H2;1H. The predicted molar refractivity (Wildman–Crippen MR) is 81.7 cm³/mol. The van der Waals surface area contributed by atoms with Crippen LogP contribution < -0.4 is 5.32 Å². The number of hydrogen-bond acceptors (Lipinski definition) is 4. The van der Waals surface area contributed by atoms with E-state index >= 15 is 0 Å². The van der Waals surface area contributed by atoms with Gasteiger partial charge in [0.15, 0.2) is 11.5 Å². The van der Waals surface area contributed by atoms with Gasteiger partial charge in [-0.1, -0.05) is 12.1 Å². The fraction of sp³-hybridized carbons (Fsp3) is 0.188. The van der Waals surface area contributed by atoms with Gasteiger partial charge in [-0.05, 0) is 47.4 Å². The first-order valence-corrected chi connectivity index (χ1v) is 6.47. The number of hydrogen-bond donors (Lipinski definition) is 3. The van der Waals surface area contributed by atoms with Crippen molar-refractivity contribution in [2.75, 3.05) is 6.54 Å². The topological polar surface area (TPSA) is 76.3 Å². The average Bonchev–Trinajstić information content (AvgIpc) is 2.48. The van der Waals surface area contributed by atoms with E-state index in [4.69, 9.17) is 5.26 Å². The Balaban J connectivity index is 0.00000161. The van der Waals surface area contributed by atoms with Crippen molar-refractivity contribution in [2.24, 2.45) is 0 Å². The van der Waals surface area contributed by atoms with Crippen LogP contribution in [0.15, 0.2) is 36.4 Å². The maximum Gasteiger partial charge on any atom is 0.157 e. The van der Waals surface area contributed by atoms with E-state index < -0.39 is 0 Å². The number of phenolic OH excluding ortho intramolecular Hbond substituents is 2. The molecule has 0 radical (unpaired) electrons. The number of rotatable bonds is 1. The van der Waals surface area contributed by atoms with Crippen LogP contribution in [0.4, 0.5) is 0 Å². The smallest absolute Gasteiger partial charge is 0.157 e. The number of fused-ring (bicyclic) bond motifs is 1. The van der Waals surface area contributed by atoms with Crippen molar-refractivity contribution >= 4 is 12.4 Å². The highest BCUT2D eigenvalue weighted by molar-refractivity contribution is 5.85. The van der Waals surface area contributed by atoms with Crippen LogP contribution in [-0.2, 0) is 6.42 Å². The fourth-order valence-electron chi connectivity index (χ4n) is 2.63. The highest BCUT2D eigenvalue weighted by atomic mass is 35.5. The molecule has 0 saturated heterocycles. The van der Waals surface area contributed by atoms with E-state index in [1.54, 1.807) is 24.3 Å². The van der Waals surface area contributed by atoms with Crippen molar-refractivity contribution in [3.63, 3.8) is 0 Å². The third-order valence-corrected chi connectivity index (χ3v) is 3.66. The third kappa shape index (κ3) is 2.80. The van der Waals surface area contributed by atoms with Gasteiger partial charge in [-0.15, -0.1) is 12.4 Å². The summed E-state index contributed by atoms with van der Waals surface area (Å²) in [6, 6.07) is 12.7. The average molecular weight is 303 g/mol. The molecule has 1 aliphatic heterocycles. The van der Waals surface area contributed by atoms with Gasteiger partial charge in [-0.3, -0.25) is 0 Å². The number of nitrogens with zero attached hydrogens (tertiary/aromatic N) is 1. The van der Waals surface area contributed by atoms with Crippen LogP contribution in [0.1, 0.15) is 28.3 Å². The minimum absolute atomic E-state index is 0. The maximum absolute atomic E-state index is 9.70. The van der Waals surface area contributed by atoms with Crippen molar-refractivity contribution in [2.45, 2.75) is 12.5 Å². The summed E-state index contributed by atoms with van der Waals surface area (Å²) >= 11 is 0. The summed E-state index contributed by atoms with van der Waals surface area (Å²) in [5.41, 5.74) is 3.66. The summed E-state index contributed by atoms with van der Waals surface area (Å²) in [5, 5.41) is 31.5. The third-order valence-electron chi connectivity index (χ3n) is 3.66. The predicted octanol–water partition coefficient (Wildman–Crippen LogP) is 2.63. The van der Waals surface area contributed by atoms with Crippen LogP contribution in [0.2, 0.25) is 0 Å². The molecule has 0 saturated carbocycles. The molecule has 2 aromatic carbocycles. The Labute approximate surface area is 129 Å². The summed E-state index contributed by atoms with van der Waals surface area (Å²) < 4.78 is 0. The van der Waals surface area contributed by atoms with E-state index in [1.165, 1.54) is 0 Å². The van der Waals surface area contributed by atoms with E-state index in [2.05, 4.69) is 11.4 Å². The summed E-state index contributed by atoms with van der Waals surface area (Å²) in [5.74, 6) is -0.185. The van der Waals surface area contributed by atoms with Crippen LogP contribution in [0, 0.1) is 11.3 Å². The molecule has 0 amide bonds. The van der Waals surface area contributed by atoms with E-state index in [9.17, 15) is 10.2 Å². The number of halogens is 1. The monoisotopic (exact) mass is 302 g/mol. The van der Waals surface area contributed by atoms with Crippen molar-refractivity contribution in [1.29, 1.82) is 5.26 Å². The zero-order valence-corrected chi connectivity index (χ0v) is 12.0. The van der Waals surface area contributed by atoms with Gasteiger partial charge in [-0.25, -0.2) is 0 Å². The minimum Gasteiger partial charge on any atom is -0.504 e. The molecule has 1 atom stereocenters. The lowest BCUT2D eigenvalue weighted by atomic mass is 9.89. The van der Waals surface area contributed by atoms with E-state index in [0.717, 1.165) is 29.7 Å². The van der Waals surface area contributed by atoms with Crippen LogP contribution in [0.25, 0.3) is 0 Å². The SMILES string of the molecule is Cl.N#Cc1ccc(C2NCCc3cc(O)c(O)cc32)cc1. The largest absolute Gasteiger partial charge is 0.504 e. The Morgan fingerprint density at radius 2 is 1.76 bits per heavy atom. The zero-order chi connectivity index (χ0) is 14.1. The molecule has 0 aliphatic carbocycles. The molecule has 0 spiro atoms. The summed E-state index contributed by atoms with van der Waals surface area (Å²) in [7, 11) is 0. The molecule has 1 aliphatic rings. The van der Waals surface area contributed by atoms with E-state index in [1.807, 2.05) is 12.1 Å². The van der Waals surface area contributed by atoms with E-state index in [0.29, 0.717) is 5.56 Å². The van der Waals surface area contributed by atoms with Gasteiger partial charge in [0.25, 0.3) is 0 Å². The second-order valence-corrected chi connectivity index (χ2v) is 4.91. The lowest BCUT2D eigenvalue weighted by Gasteiger charge is -2.27. The summed E-state index contributed by atoms with van der Waals surface area (Å²) in [6.45, 7) is 0.807. The molecule has 0 bridgehead atoms. The molecular formula is C16H15ClN2O2. The molecule has 1 unspecified atom stereocenters. The fourth-order valence-corrected chi connectivity index (χ4v) is 2.63. The van der Waals surface area contributed by atoms with Gasteiger partial charge in [0.2, 0.25) is 0 Å². The Bertz CT molecular complexity index is 693. The highest BCUT2D eigenvalue weighted by Gasteiger charge is 2.23. The van der Waals surface area contributed by atoms with Crippen molar-refractivity contribution in [1.82, 2.24) is 5.32 Å². The van der Waals surface area contributed by atoms with Crippen LogP contribution in [0.3, 0.4) is 0 Å². The Morgan fingerprint density at radius 3 is 2.43 bits per heavy atom.